The Kier molecular flexibility index (Phi) is 18.5. The van der Waals surface area contributed by atoms with Crippen molar-refractivity contribution < 1.29 is 46.5 Å². The highest BCUT2D eigenvalue weighted by Crippen LogP contribution is 2.47. The standard InChI is InChI=1S/C59H58BF2IN2O8/c1-66-33-35-70-37-39-72-55-29-13-43(14-30-55)5-17-48-41-51(23-7-45-9-25-53(68-3)26-10-45)64-58(48)57(47-19-21-50(63)22-20-47)59-49(18-6-44-15-31-56(32-16-44)73-40-38-71-36-34-67-2)42-52(65(59)60(64,61)62)24-8-46-11-27-54(69-4)28-12-46/h5-32,41-42H,33-40H2,1-4H3/b17-5+,18-6+,23-7+,24-8+. The van der Waals surface area contributed by atoms with Crippen LogP contribution in [0.1, 0.15) is 61.7 Å². The predicted molar refractivity (Wildman–Crippen MR) is 298 cm³/mol. The highest BCUT2D eigenvalue weighted by atomic mass is 127. The lowest BCUT2D eigenvalue weighted by Crippen LogP contribution is -2.50. The van der Waals surface area contributed by atoms with Crippen molar-refractivity contribution in [2.75, 3.05) is 81.3 Å². The number of benzene rings is 5. The van der Waals surface area contributed by atoms with Crippen molar-refractivity contribution >= 4 is 78.2 Å². The number of ether oxygens (including phenoxy) is 8. The van der Waals surface area contributed by atoms with E-state index in [9.17, 15) is 0 Å². The Hall–Kier alpha value is -6.82. The Balaban J connectivity index is 1.24. The number of methoxy groups -OCH3 is 4. The van der Waals surface area contributed by atoms with Gasteiger partial charge in [-0.2, -0.15) is 0 Å². The second-order valence-corrected chi connectivity index (χ2v) is 18.1. The molecule has 2 aromatic heterocycles. The van der Waals surface area contributed by atoms with Gasteiger partial charge < -0.3 is 55.5 Å². The summed E-state index contributed by atoms with van der Waals surface area (Å²) < 4.78 is 84.3. The molecule has 376 valence electrons. The predicted octanol–water partition coefficient (Wildman–Crippen LogP) is 12.8. The summed E-state index contributed by atoms with van der Waals surface area (Å²) in [6.45, 7) is -0.894. The van der Waals surface area contributed by atoms with Crippen LogP contribution in [0.15, 0.2) is 133 Å². The normalized spacial score (nSPS) is 13.1. The van der Waals surface area contributed by atoms with E-state index in [0.29, 0.717) is 116 Å². The van der Waals surface area contributed by atoms with Crippen molar-refractivity contribution in [3.05, 3.63) is 205 Å². The van der Waals surface area contributed by atoms with E-state index >= 15 is 8.63 Å². The fraction of sp³-hybridized carbons (Fsp3) is 0.203. The van der Waals surface area contributed by atoms with Crippen LogP contribution in [0, 0.1) is 9.49 Å². The maximum absolute atomic E-state index is 18.5. The quantitative estimate of drug-likeness (QED) is 0.0242. The second kappa shape index (κ2) is 25.7. The molecule has 14 heteroatoms. The summed E-state index contributed by atoms with van der Waals surface area (Å²) in [6, 6.07) is 42.1. The molecule has 73 heavy (non-hydrogen) atoms. The Morgan fingerprint density at radius 3 is 1.16 bits per heavy atom. The van der Waals surface area contributed by atoms with Gasteiger partial charge in [-0.15, -0.1) is 0 Å². The highest BCUT2D eigenvalue weighted by Gasteiger charge is 2.49. The molecule has 5 aromatic carbocycles. The Labute approximate surface area is 440 Å². The summed E-state index contributed by atoms with van der Waals surface area (Å²) in [7, 11) is 6.49. The number of hydrogen-bond donors (Lipinski definition) is 0. The van der Waals surface area contributed by atoms with E-state index in [2.05, 4.69) is 22.6 Å². The molecule has 0 bridgehead atoms. The zero-order valence-electron chi connectivity index (χ0n) is 41.3. The molecular weight excluding hydrogens is 1040 g/mol. The van der Waals surface area contributed by atoms with Crippen LogP contribution in [0.5, 0.6) is 23.0 Å². The largest absolute Gasteiger partial charge is 0.535 e. The monoisotopic (exact) mass is 1100 g/mol. The molecule has 3 heterocycles. The zero-order chi connectivity index (χ0) is 51.0. The SMILES string of the molecule is COCCOCCOc1ccc(/C=C/c2cc(/C=C/c3ccc(OC)cc3)n3c2[C+](c2ccc(I)cc2)c2c(/C=C/c4ccc(OCCOCCOC)cc4)cc(/C=C/c4ccc(OC)cc4)n2[B-]3(F)F)cc1. The number of rotatable bonds is 25. The van der Waals surface area contributed by atoms with Gasteiger partial charge in [-0.1, -0.05) is 60.7 Å². The molecule has 0 spiro atoms. The third-order valence-corrected chi connectivity index (χ3v) is 12.8. The van der Waals surface area contributed by atoms with Crippen molar-refractivity contribution in [2.24, 2.45) is 0 Å². The average molecular weight is 1100 g/mol. The van der Waals surface area contributed by atoms with Gasteiger partial charge in [0.1, 0.15) is 42.1 Å². The summed E-state index contributed by atoms with van der Waals surface area (Å²) in [5.41, 5.74) is 6.87. The lowest BCUT2D eigenvalue weighted by molar-refractivity contribution is 0.0544. The van der Waals surface area contributed by atoms with Crippen LogP contribution in [-0.2, 0) is 18.9 Å². The summed E-state index contributed by atoms with van der Waals surface area (Å²) in [4.78, 5) is 0. The lowest BCUT2D eigenvalue weighted by atomic mass is 9.80. The maximum Gasteiger partial charge on any atom is 0.535 e. The van der Waals surface area contributed by atoms with Crippen LogP contribution in [0.4, 0.5) is 8.63 Å². The third kappa shape index (κ3) is 13.4. The summed E-state index contributed by atoms with van der Waals surface area (Å²) in [5.74, 6) is 3.44. The van der Waals surface area contributed by atoms with Crippen molar-refractivity contribution in [1.82, 2.24) is 8.96 Å². The molecule has 0 saturated heterocycles. The highest BCUT2D eigenvalue weighted by molar-refractivity contribution is 14.1. The number of hydrogen-bond acceptors (Lipinski definition) is 8. The molecule has 0 fully saturated rings. The van der Waals surface area contributed by atoms with Gasteiger partial charge in [0.05, 0.1) is 81.9 Å². The molecule has 0 aliphatic carbocycles. The lowest BCUT2D eigenvalue weighted by Gasteiger charge is -2.40. The van der Waals surface area contributed by atoms with Crippen molar-refractivity contribution in [3.63, 3.8) is 0 Å². The van der Waals surface area contributed by atoms with Gasteiger partial charge in [0.25, 0.3) is 0 Å². The molecule has 0 unspecified atom stereocenters. The van der Waals surface area contributed by atoms with Crippen LogP contribution in [-0.4, -0.2) is 97.2 Å². The van der Waals surface area contributed by atoms with Crippen LogP contribution >= 0.6 is 22.6 Å². The smallest absolute Gasteiger partial charge is 0.497 e. The molecule has 8 rings (SSSR count). The Bertz CT molecular complexity index is 2810. The fourth-order valence-corrected chi connectivity index (χ4v) is 8.76. The zero-order valence-corrected chi connectivity index (χ0v) is 43.5. The van der Waals surface area contributed by atoms with Gasteiger partial charge >= 0.3 is 6.97 Å². The minimum Gasteiger partial charge on any atom is -0.497 e. The van der Waals surface area contributed by atoms with Crippen molar-refractivity contribution in [3.8, 4) is 23.0 Å². The molecule has 1 aliphatic rings. The van der Waals surface area contributed by atoms with Gasteiger partial charge in [0, 0.05) is 53.4 Å². The summed E-state index contributed by atoms with van der Waals surface area (Å²) in [6.07, 6.45) is 15.0. The average Bonchev–Trinajstić information content (AvgIpc) is 3.99. The number of halogens is 3. The minimum atomic E-state index is -4.56. The Morgan fingerprint density at radius 1 is 0.438 bits per heavy atom. The van der Waals surface area contributed by atoms with Crippen LogP contribution in [0.3, 0.4) is 0 Å². The molecule has 10 nitrogen and oxygen atoms in total. The molecule has 0 atom stereocenters. The molecule has 1 aliphatic heterocycles. The molecule has 7 aromatic rings. The van der Waals surface area contributed by atoms with Crippen molar-refractivity contribution in [1.29, 1.82) is 0 Å². The van der Waals surface area contributed by atoms with Gasteiger partial charge in [-0.3, -0.25) is 0 Å². The van der Waals surface area contributed by atoms with Crippen LogP contribution in [0.25, 0.3) is 48.6 Å². The first-order valence-corrected chi connectivity index (χ1v) is 25.0. The van der Waals surface area contributed by atoms with E-state index < -0.39 is 6.97 Å². The topological polar surface area (TPSA) is 83.7 Å². The van der Waals surface area contributed by atoms with E-state index in [1.54, 1.807) is 40.6 Å². The Morgan fingerprint density at radius 2 is 0.795 bits per heavy atom. The first kappa shape index (κ1) is 52.5. The van der Waals surface area contributed by atoms with Gasteiger partial charge in [0.15, 0.2) is 0 Å². The number of nitrogens with zero attached hydrogens (tertiary/aromatic N) is 2. The minimum absolute atomic E-state index is 0.334. The molecule has 0 saturated carbocycles. The van der Waals surface area contributed by atoms with Crippen molar-refractivity contribution in [2.45, 2.75) is 0 Å². The van der Waals surface area contributed by atoms with Crippen LogP contribution < -0.4 is 18.9 Å². The first-order chi connectivity index (χ1) is 35.7. The van der Waals surface area contributed by atoms with Gasteiger partial charge in [-0.05, 0) is 142 Å². The van der Waals surface area contributed by atoms with E-state index in [1.807, 2.05) is 170 Å². The third-order valence-electron chi connectivity index (χ3n) is 12.1. The molecular formula is C59H58BF2IN2O8. The van der Waals surface area contributed by atoms with E-state index in [0.717, 1.165) is 31.4 Å². The van der Waals surface area contributed by atoms with E-state index in [4.69, 9.17) is 37.9 Å². The number of aromatic nitrogens is 2. The number of fused-ring (bicyclic) bond motifs is 2. The summed E-state index contributed by atoms with van der Waals surface area (Å²) in [5, 5.41) is 0. The van der Waals surface area contributed by atoms with E-state index in [1.165, 1.54) is 8.96 Å². The second-order valence-electron chi connectivity index (χ2n) is 16.9. The van der Waals surface area contributed by atoms with Crippen LogP contribution in [0.2, 0.25) is 0 Å². The van der Waals surface area contributed by atoms with Gasteiger partial charge in [-0.25, -0.2) is 0 Å². The molecule has 0 radical (unpaired) electrons. The first-order valence-electron chi connectivity index (χ1n) is 23.9. The molecule has 0 amide bonds. The van der Waals surface area contributed by atoms with Gasteiger partial charge in [0.2, 0.25) is 0 Å². The summed E-state index contributed by atoms with van der Waals surface area (Å²) >= 11 is 2.28. The van der Waals surface area contributed by atoms with E-state index in [-0.39, 0.29) is 0 Å². The fourth-order valence-electron chi connectivity index (χ4n) is 8.40. The maximum atomic E-state index is 18.5. The molecule has 0 N–H and O–H groups in total.